The Balaban J connectivity index is 1.41. The molecule has 142 valence electrons. The fourth-order valence-electron chi connectivity index (χ4n) is 4.70. The van der Waals surface area contributed by atoms with E-state index in [0.29, 0.717) is 24.2 Å². The Bertz CT molecular complexity index is 760. The van der Waals surface area contributed by atoms with E-state index in [9.17, 15) is 4.79 Å². The first kappa shape index (κ1) is 18.4. The first-order chi connectivity index (χ1) is 13.2. The van der Waals surface area contributed by atoms with Crippen molar-refractivity contribution in [3.63, 3.8) is 0 Å². The molecule has 4 rings (SSSR count). The molecule has 1 aromatic carbocycles. The molecular weight excluding hydrogens is 332 g/mol. The van der Waals surface area contributed by atoms with Crippen LogP contribution in [0.3, 0.4) is 0 Å². The standard InChI is InChI=1S/C24H30N2O/c1-26-15-5-8-23(26)21-13-14-22(25-17-21)19-9-11-20(12-10-19)24(27)16-18-6-3-2-4-7-18/h9-14,17-18,23H,2-8,15-16H2,1H3. The van der Waals surface area contributed by atoms with Gasteiger partial charge in [0, 0.05) is 29.8 Å². The summed E-state index contributed by atoms with van der Waals surface area (Å²) in [4.78, 5) is 19.7. The molecule has 0 N–H and O–H groups in total. The predicted octanol–water partition coefficient (Wildman–Crippen LogP) is 5.67. The number of ketones is 1. The Morgan fingerprint density at radius 1 is 1.00 bits per heavy atom. The first-order valence-electron chi connectivity index (χ1n) is 10.5. The van der Waals surface area contributed by atoms with E-state index < -0.39 is 0 Å². The number of carbonyl (C=O) groups excluding carboxylic acids is 1. The SMILES string of the molecule is CN1CCCC1c1ccc(-c2ccc(C(=O)CC3CCCCC3)cc2)nc1. The molecule has 1 saturated carbocycles. The van der Waals surface area contributed by atoms with Crippen molar-refractivity contribution in [2.24, 2.45) is 5.92 Å². The molecule has 1 atom stereocenters. The van der Waals surface area contributed by atoms with Gasteiger partial charge in [-0.15, -0.1) is 0 Å². The lowest BCUT2D eigenvalue weighted by atomic mass is 9.84. The van der Waals surface area contributed by atoms with E-state index in [0.717, 1.165) is 16.8 Å². The molecule has 3 heteroatoms. The minimum absolute atomic E-state index is 0.293. The van der Waals surface area contributed by atoms with Gasteiger partial charge in [-0.3, -0.25) is 14.7 Å². The number of Topliss-reactive ketones (excluding diaryl/α,β-unsaturated/α-hetero) is 1. The van der Waals surface area contributed by atoms with Gasteiger partial charge in [0.2, 0.25) is 0 Å². The summed E-state index contributed by atoms with van der Waals surface area (Å²) < 4.78 is 0. The van der Waals surface area contributed by atoms with Crippen molar-refractivity contribution in [3.8, 4) is 11.3 Å². The summed E-state index contributed by atoms with van der Waals surface area (Å²) in [6.45, 7) is 1.17. The van der Waals surface area contributed by atoms with Gasteiger partial charge in [0.25, 0.3) is 0 Å². The molecule has 1 unspecified atom stereocenters. The van der Waals surface area contributed by atoms with Gasteiger partial charge in [0.15, 0.2) is 5.78 Å². The maximum absolute atomic E-state index is 12.6. The second-order valence-electron chi connectivity index (χ2n) is 8.32. The molecule has 3 nitrogen and oxygen atoms in total. The second kappa shape index (κ2) is 8.35. The third-order valence-corrected chi connectivity index (χ3v) is 6.39. The van der Waals surface area contributed by atoms with Crippen LogP contribution in [0.25, 0.3) is 11.3 Å². The largest absolute Gasteiger partial charge is 0.299 e. The topological polar surface area (TPSA) is 33.2 Å². The summed E-state index contributed by atoms with van der Waals surface area (Å²) in [5.74, 6) is 0.884. The number of benzene rings is 1. The Morgan fingerprint density at radius 2 is 1.78 bits per heavy atom. The molecule has 2 heterocycles. The van der Waals surface area contributed by atoms with Crippen LogP contribution in [0.4, 0.5) is 0 Å². The molecule has 2 aliphatic rings. The lowest BCUT2D eigenvalue weighted by Gasteiger charge is -2.20. The highest BCUT2D eigenvalue weighted by Gasteiger charge is 2.22. The van der Waals surface area contributed by atoms with Crippen LogP contribution in [-0.4, -0.2) is 29.3 Å². The van der Waals surface area contributed by atoms with Crippen LogP contribution in [0.5, 0.6) is 0 Å². The molecule has 27 heavy (non-hydrogen) atoms. The lowest BCUT2D eigenvalue weighted by Crippen LogP contribution is -2.17. The number of hydrogen-bond donors (Lipinski definition) is 0. The summed E-state index contributed by atoms with van der Waals surface area (Å²) in [6.07, 6.45) is 11.6. The summed E-state index contributed by atoms with van der Waals surface area (Å²) >= 11 is 0. The van der Waals surface area contributed by atoms with Crippen LogP contribution in [0, 0.1) is 5.92 Å². The summed E-state index contributed by atoms with van der Waals surface area (Å²) in [6, 6.07) is 12.8. The van der Waals surface area contributed by atoms with E-state index in [2.05, 4.69) is 29.1 Å². The molecule has 0 amide bonds. The van der Waals surface area contributed by atoms with E-state index in [4.69, 9.17) is 0 Å². The van der Waals surface area contributed by atoms with Gasteiger partial charge >= 0.3 is 0 Å². The van der Waals surface area contributed by atoms with Crippen LogP contribution >= 0.6 is 0 Å². The number of likely N-dealkylation sites (tertiary alicyclic amines) is 1. The van der Waals surface area contributed by atoms with Gasteiger partial charge in [-0.05, 0) is 44.0 Å². The van der Waals surface area contributed by atoms with E-state index in [1.807, 2.05) is 30.5 Å². The van der Waals surface area contributed by atoms with Crippen molar-refractivity contribution in [2.45, 2.75) is 57.4 Å². The maximum atomic E-state index is 12.6. The van der Waals surface area contributed by atoms with Crippen molar-refractivity contribution in [3.05, 3.63) is 53.7 Å². The van der Waals surface area contributed by atoms with Crippen LogP contribution in [0.1, 0.15) is 73.3 Å². The van der Waals surface area contributed by atoms with Crippen molar-refractivity contribution in [2.75, 3.05) is 13.6 Å². The summed E-state index contributed by atoms with van der Waals surface area (Å²) in [7, 11) is 2.19. The number of nitrogens with zero attached hydrogens (tertiary/aromatic N) is 2. The Hall–Kier alpha value is -2.00. The molecule has 1 aromatic heterocycles. The zero-order valence-electron chi connectivity index (χ0n) is 16.4. The third-order valence-electron chi connectivity index (χ3n) is 6.39. The van der Waals surface area contributed by atoms with Gasteiger partial charge in [-0.2, -0.15) is 0 Å². The Labute approximate surface area is 162 Å². The van der Waals surface area contributed by atoms with E-state index >= 15 is 0 Å². The Kier molecular flexibility index (Phi) is 5.68. The minimum Gasteiger partial charge on any atom is -0.299 e. The monoisotopic (exact) mass is 362 g/mol. The van der Waals surface area contributed by atoms with Crippen molar-refractivity contribution in [1.82, 2.24) is 9.88 Å². The number of rotatable bonds is 5. The van der Waals surface area contributed by atoms with Gasteiger partial charge in [-0.1, -0.05) is 62.4 Å². The lowest BCUT2D eigenvalue weighted by molar-refractivity contribution is 0.0950. The van der Waals surface area contributed by atoms with Gasteiger partial charge in [0.05, 0.1) is 5.69 Å². The number of aromatic nitrogens is 1. The smallest absolute Gasteiger partial charge is 0.163 e. The molecule has 2 fully saturated rings. The zero-order valence-corrected chi connectivity index (χ0v) is 16.4. The van der Waals surface area contributed by atoms with Gasteiger partial charge in [-0.25, -0.2) is 0 Å². The van der Waals surface area contributed by atoms with Crippen molar-refractivity contribution in [1.29, 1.82) is 0 Å². The molecule has 0 bridgehead atoms. The quantitative estimate of drug-likeness (QED) is 0.643. The average Bonchev–Trinajstić information content (AvgIpc) is 3.15. The fourth-order valence-corrected chi connectivity index (χ4v) is 4.70. The Morgan fingerprint density at radius 3 is 2.41 bits per heavy atom. The molecule has 0 spiro atoms. The van der Waals surface area contributed by atoms with Crippen molar-refractivity contribution < 1.29 is 4.79 Å². The van der Waals surface area contributed by atoms with E-state index in [1.54, 1.807) is 0 Å². The predicted molar refractivity (Wildman–Crippen MR) is 110 cm³/mol. The molecular formula is C24H30N2O. The number of hydrogen-bond acceptors (Lipinski definition) is 3. The summed E-state index contributed by atoms with van der Waals surface area (Å²) in [5, 5.41) is 0. The molecule has 1 aliphatic carbocycles. The first-order valence-corrected chi connectivity index (χ1v) is 10.5. The van der Waals surface area contributed by atoms with Crippen LogP contribution < -0.4 is 0 Å². The van der Waals surface area contributed by atoms with Crippen LogP contribution in [0.15, 0.2) is 42.6 Å². The van der Waals surface area contributed by atoms with E-state index in [1.165, 1.54) is 57.1 Å². The third kappa shape index (κ3) is 4.30. The van der Waals surface area contributed by atoms with Crippen molar-refractivity contribution >= 4 is 5.78 Å². The van der Waals surface area contributed by atoms with Gasteiger partial charge in [0.1, 0.15) is 0 Å². The molecule has 1 saturated heterocycles. The maximum Gasteiger partial charge on any atom is 0.163 e. The molecule has 1 aliphatic heterocycles. The van der Waals surface area contributed by atoms with Gasteiger partial charge < -0.3 is 0 Å². The highest BCUT2D eigenvalue weighted by molar-refractivity contribution is 5.96. The average molecular weight is 363 g/mol. The minimum atomic E-state index is 0.293. The molecule has 0 radical (unpaired) electrons. The zero-order chi connectivity index (χ0) is 18.6. The highest BCUT2D eigenvalue weighted by atomic mass is 16.1. The van der Waals surface area contributed by atoms with E-state index in [-0.39, 0.29) is 0 Å². The fraction of sp³-hybridized carbons (Fsp3) is 0.500. The molecule has 2 aromatic rings. The summed E-state index contributed by atoms with van der Waals surface area (Å²) in [5.41, 5.74) is 4.20. The van der Waals surface area contributed by atoms with Crippen LogP contribution in [0.2, 0.25) is 0 Å². The van der Waals surface area contributed by atoms with Crippen LogP contribution in [-0.2, 0) is 0 Å². The number of pyridine rings is 1. The normalized spacial score (nSPS) is 21.4. The highest BCUT2D eigenvalue weighted by Crippen LogP contribution is 2.31. The number of carbonyl (C=O) groups is 1. The second-order valence-corrected chi connectivity index (χ2v) is 8.32.